The molecule has 3 aromatic rings. The maximum Gasteiger partial charge on any atom is 0.277 e. The Morgan fingerprint density at radius 3 is 2.63 bits per heavy atom. The lowest BCUT2D eigenvalue weighted by Crippen LogP contribution is -2.30. The number of hydrogen-bond donors (Lipinski definition) is 0. The molecule has 1 aliphatic heterocycles. The summed E-state index contributed by atoms with van der Waals surface area (Å²) in [4.78, 5) is 0.205. The number of sulfonamides is 1. The van der Waals surface area contributed by atoms with Gasteiger partial charge in [-0.1, -0.05) is 37.7 Å². The highest BCUT2D eigenvalue weighted by molar-refractivity contribution is 7.98. The summed E-state index contributed by atoms with van der Waals surface area (Å²) in [5.74, 6) is 2.36. The smallest absolute Gasteiger partial charge is 0.277 e. The molecule has 0 saturated carbocycles. The lowest BCUT2D eigenvalue weighted by Gasteiger charge is -2.18. The summed E-state index contributed by atoms with van der Waals surface area (Å²) in [7, 11) is -3.56. The zero-order valence-electron chi connectivity index (χ0n) is 16.6. The molecule has 1 aromatic heterocycles. The summed E-state index contributed by atoms with van der Waals surface area (Å²) in [6, 6.07) is 12.3. The molecule has 0 fully saturated rings. The normalized spacial score (nSPS) is 13.2. The molecule has 0 radical (unpaired) electrons. The highest BCUT2D eigenvalue weighted by Crippen LogP contribution is 2.34. The van der Waals surface area contributed by atoms with Crippen LogP contribution in [0.4, 0.5) is 0 Å². The maximum atomic E-state index is 12.8. The van der Waals surface area contributed by atoms with Crippen molar-refractivity contribution in [1.82, 2.24) is 14.5 Å². The highest BCUT2D eigenvalue weighted by Gasteiger charge is 2.22. The van der Waals surface area contributed by atoms with Crippen LogP contribution in [0.3, 0.4) is 0 Å². The van der Waals surface area contributed by atoms with E-state index < -0.39 is 10.0 Å². The van der Waals surface area contributed by atoms with E-state index in [4.69, 9.17) is 13.9 Å². The second kappa shape index (κ2) is 8.66. The van der Waals surface area contributed by atoms with E-state index in [1.54, 1.807) is 24.3 Å². The third-order valence-electron chi connectivity index (χ3n) is 4.63. The second-order valence-corrected chi connectivity index (χ2v) is 9.33. The first-order chi connectivity index (χ1) is 14.5. The Morgan fingerprint density at radius 2 is 1.83 bits per heavy atom. The second-order valence-electron chi connectivity index (χ2n) is 6.47. The summed E-state index contributed by atoms with van der Waals surface area (Å²) in [5.41, 5.74) is 1.60. The average molecular weight is 448 g/mol. The van der Waals surface area contributed by atoms with Gasteiger partial charge in [-0.3, -0.25) is 0 Å². The first-order valence-electron chi connectivity index (χ1n) is 9.46. The maximum absolute atomic E-state index is 12.8. The molecule has 30 heavy (non-hydrogen) atoms. The van der Waals surface area contributed by atoms with Crippen LogP contribution in [-0.2, 0) is 15.8 Å². The molecule has 2 aromatic carbocycles. The molecule has 0 unspecified atom stereocenters. The zero-order valence-corrected chi connectivity index (χ0v) is 18.2. The minimum absolute atomic E-state index is 0.205. The van der Waals surface area contributed by atoms with Gasteiger partial charge in [0, 0.05) is 24.4 Å². The first kappa shape index (κ1) is 20.7. The first-order valence-corrected chi connectivity index (χ1v) is 11.9. The number of nitrogens with zero attached hydrogens (tertiary/aromatic N) is 3. The van der Waals surface area contributed by atoms with Crippen molar-refractivity contribution in [2.45, 2.75) is 29.7 Å². The quantitative estimate of drug-likeness (QED) is 0.482. The molecule has 0 aliphatic carbocycles. The standard InChI is InChI=1S/C20H21N3O5S2/c1-3-23(4-2)30(24,25)16-7-5-6-15(11-16)19-21-22-20(28-19)29-12-14-8-9-17-18(10-14)27-13-26-17/h5-11H,3-4,12-13H2,1-2H3. The van der Waals surface area contributed by atoms with Crippen molar-refractivity contribution in [1.29, 1.82) is 0 Å². The van der Waals surface area contributed by atoms with Gasteiger partial charge < -0.3 is 13.9 Å². The van der Waals surface area contributed by atoms with Gasteiger partial charge >= 0.3 is 0 Å². The Balaban J connectivity index is 1.49. The highest BCUT2D eigenvalue weighted by atomic mass is 32.2. The van der Waals surface area contributed by atoms with E-state index >= 15 is 0 Å². The fraction of sp³-hybridized carbons (Fsp3) is 0.300. The van der Waals surface area contributed by atoms with Gasteiger partial charge in [-0.25, -0.2) is 8.42 Å². The molecule has 2 heterocycles. The van der Waals surface area contributed by atoms with Crippen molar-refractivity contribution >= 4 is 21.8 Å². The summed E-state index contributed by atoms with van der Waals surface area (Å²) in [6.45, 7) is 4.68. The number of hydrogen-bond acceptors (Lipinski definition) is 8. The Labute approximate surface area is 179 Å². The van der Waals surface area contributed by atoms with Gasteiger partial charge in [0.05, 0.1) is 4.90 Å². The van der Waals surface area contributed by atoms with Gasteiger partial charge in [0.1, 0.15) is 0 Å². The molecule has 1 aliphatic rings. The molecule has 0 saturated heterocycles. The van der Waals surface area contributed by atoms with E-state index in [-0.39, 0.29) is 17.6 Å². The van der Waals surface area contributed by atoms with Crippen molar-refractivity contribution in [3.05, 3.63) is 48.0 Å². The van der Waals surface area contributed by atoms with Gasteiger partial charge in [0.25, 0.3) is 5.22 Å². The van der Waals surface area contributed by atoms with E-state index in [9.17, 15) is 8.42 Å². The van der Waals surface area contributed by atoms with Crippen molar-refractivity contribution in [3.8, 4) is 23.0 Å². The number of ether oxygens (including phenoxy) is 2. The van der Waals surface area contributed by atoms with Gasteiger partial charge in [-0.2, -0.15) is 4.31 Å². The molecule has 0 amide bonds. The fourth-order valence-electron chi connectivity index (χ4n) is 3.06. The molecule has 8 nitrogen and oxygen atoms in total. The summed E-state index contributed by atoms with van der Waals surface area (Å²) in [5, 5.41) is 8.55. The summed E-state index contributed by atoms with van der Waals surface area (Å²) < 4.78 is 43.4. The van der Waals surface area contributed by atoms with Crippen LogP contribution in [-0.4, -0.2) is 42.8 Å². The monoisotopic (exact) mass is 447 g/mol. The minimum atomic E-state index is -3.56. The molecule has 0 N–H and O–H groups in total. The SMILES string of the molecule is CCN(CC)S(=O)(=O)c1cccc(-c2nnc(SCc3ccc4c(c3)OCO4)o2)c1. The largest absolute Gasteiger partial charge is 0.454 e. The molecule has 0 atom stereocenters. The Kier molecular flexibility index (Phi) is 5.98. The van der Waals surface area contributed by atoms with Gasteiger partial charge in [-0.15, -0.1) is 10.2 Å². The molecule has 0 spiro atoms. The van der Waals surface area contributed by atoms with E-state index in [0.29, 0.717) is 29.6 Å². The van der Waals surface area contributed by atoms with Gasteiger partial charge in [0.15, 0.2) is 11.5 Å². The lowest BCUT2D eigenvalue weighted by atomic mass is 10.2. The molecule has 10 heteroatoms. The van der Waals surface area contributed by atoms with Crippen LogP contribution < -0.4 is 9.47 Å². The van der Waals surface area contributed by atoms with Gasteiger partial charge in [-0.05, 0) is 35.9 Å². The van der Waals surface area contributed by atoms with E-state index in [0.717, 1.165) is 17.1 Å². The minimum Gasteiger partial charge on any atom is -0.454 e. The van der Waals surface area contributed by atoms with Crippen LogP contribution >= 0.6 is 11.8 Å². The Morgan fingerprint density at radius 1 is 1.03 bits per heavy atom. The van der Waals surface area contributed by atoms with E-state index in [1.165, 1.54) is 16.1 Å². The average Bonchev–Trinajstić information content (AvgIpc) is 3.42. The van der Waals surface area contributed by atoms with E-state index in [1.807, 2.05) is 32.0 Å². The molecular formula is C20H21N3O5S2. The Hall–Kier alpha value is -2.56. The summed E-state index contributed by atoms with van der Waals surface area (Å²) >= 11 is 1.39. The Bertz CT molecular complexity index is 1140. The summed E-state index contributed by atoms with van der Waals surface area (Å²) in [6.07, 6.45) is 0. The number of aromatic nitrogens is 2. The number of benzene rings is 2. The topological polar surface area (TPSA) is 94.8 Å². The van der Waals surface area contributed by atoms with Crippen molar-refractivity contribution in [2.75, 3.05) is 19.9 Å². The predicted molar refractivity (Wildman–Crippen MR) is 112 cm³/mol. The number of fused-ring (bicyclic) bond motifs is 1. The molecular weight excluding hydrogens is 426 g/mol. The zero-order chi connectivity index (χ0) is 21.1. The van der Waals surface area contributed by atoms with Crippen molar-refractivity contribution in [3.63, 3.8) is 0 Å². The van der Waals surface area contributed by atoms with Crippen LogP contribution in [0.15, 0.2) is 57.0 Å². The van der Waals surface area contributed by atoms with Gasteiger partial charge in [0.2, 0.25) is 22.7 Å². The molecule has 0 bridgehead atoms. The van der Waals surface area contributed by atoms with Crippen molar-refractivity contribution < 1.29 is 22.3 Å². The van der Waals surface area contributed by atoms with Crippen LogP contribution in [0, 0.1) is 0 Å². The van der Waals surface area contributed by atoms with Crippen LogP contribution in [0.5, 0.6) is 11.5 Å². The predicted octanol–water partition coefficient (Wildman–Crippen LogP) is 3.79. The van der Waals surface area contributed by atoms with Crippen LogP contribution in [0.25, 0.3) is 11.5 Å². The third kappa shape index (κ3) is 4.16. The van der Waals surface area contributed by atoms with Crippen LogP contribution in [0.1, 0.15) is 19.4 Å². The van der Waals surface area contributed by atoms with E-state index in [2.05, 4.69) is 10.2 Å². The number of thioether (sulfide) groups is 1. The van der Waals surface area contributed by atoms with Crippen LogP contribution in [0.2, 0.25) is 0 Å². The molecule has 4 rings (SSSR count). The third-order valence-corrected chi connectivity index (χ3v) is 7.57. The molecule has 158 valence electrons. The lowest BCUT2D eigenvalue weighted by molar-refractivity contribution is 0.174. The fourth-order valence-corrected chi connectivity index (χ4v) is 5.27. The number of rotatable bonds is 8. The van der Waals surface area contributed by atoms with Crippen molar-refractivity contribution in [2.24, 2.45) is 0 Å².